The van der Waals surface area contributed by atoms with Crippen LogP contribution in [0.3, 0.4) is 0 Å². The van der Waals surface area contributed by atoms with Gasteiger partial charge >= 0.3 is 11.9 Å². The van der Waals surface area contributed by atoms with Gasteiger partial charge < -0.3 is 35.2 Å². The number of H-pyrrole nitrogens is 2. The number of aromatic amines is 2. The molecular weight excluding hydrogens is 813 g/mol. The van der Waals surface area contributed by atoms with Gasteiger partial charge in [0, 0.05) is 63.4 Å². The van der Waals surface area contributed by atoms with Crippen LogP contribution in [0.1, 0.15) is 178 Å². The Balaban J connectivity index is 1.21. The summed E-state index contributed by atoms with van der Waals surface area (Å²) in [5.41, 5.74) is 9.71. The largest absolute Gasteiger partial charge is 0.510 e. The Morgan fingerprint density at radius 3 is 2.08 bits per heavy atom. The van der Waals surface area contributed by atoms with Crippen molar-refractivity contribution in [2.45, 2.75) is 159 Å². The van der Waals surface area contributed by atoms with Crippen LogP contribution < -0.4 is 21.2 Å². The Kier molecular flexibility index (Phi) is 16.6. The van der Waals surface area contributed by atoms with Crippen LogP contribution in [0.25, 0.3) is 29.6 Å². The van der Waals surface area contributed by atoms with Crippen LogP contribution in [-0.4, -0.2) is 52.6 Å². The molecule has 4 aliphatic rings. The molecule has 10 nitrogen and oxygen atoms in total. The standard InChI is InChI=1S/C55H80N4O6/c1-13-39-34(7)41-29-46-48(38(11)60)36(9)43(57-46)27-42-35(8)40(52(58-42)50-51(55(63)64-12)54(62)49-37(10)44(59-53(49)50)28-45(39)56-41)23-24-47(61)65-26-25-33(6)22-16-21-32(5)20-15-19-31(4)18-14-17-30(2)3/h25,27-32,34-35,39-40,51-52,56-59,62H,13-24,26H2,1-12H3/b33-25+,41-29-,42-27-,45-28-. The molecule has 0 radical (unpaired) electrons. The quantitative estimate of drug-likeness (QED) is 0.0502. The van der Waals surface area contributed by atoms with Gasteiger partial charge in [-0.15, -0.1) is 0 Å². The molecule has 8 unspecified atom stereocenters. The van der Waals surface area contributed by atoms with E-state index in [0.29, 0.717) is 28.1 Å². The number of ketones is 1. The maximum Gasteiger partial charge on any atom is 0.320 e. The number of hydrogen-bond donors (Lipinski definition) is 5. The van der Waals surface area contributed by atoms with Gasteiger partial charge in [0.15, 0.2) is 5.78 Å². The third-order valence-electron chi connectivity index (χ3n) is 15.4. The minimum absolute atomic E-state index is 0.0169. The molecule has 0 aromatic carbocycles. The molecule has 10 heteroatoms. The van der Waals surface area contributed by atoms with Gasteiger partial charge in [0.05, 0.1) is 24.2 Å². The van der Waals surface area contributed by atoms with Crippen molar-refractivity contribution < 1.29 is 29.0 Å². The first-order chi connectivity index (χ1) is 30.9. The molecule has 2 aromatic heterocycles. The number of methoxy groups -OCH3 is 1. The molecule has 3 aliphatic heterocycles. The number of ether oxygens (including phenoxy) is 2. The summed E-state index contributed by atoms with van der Waals surface area (Å²) in [7, 11) is 1.35. The molecule has 0 amide bonds. The fraction of sp³-hybridized carbons (Fsp3) is 0.618. The summed E-state index contributed by atoms with van der Waals surface area (Å²) in [5.74, 6) is 0.576. The Morgan fingerprint density at radius 2 is 1.43 bits per heavy atom. The molecular formula is C55H80N4O6. The van der Waals surface area contributed by atoms with Crippen LogP contribution in [-0.2, 0) is 19.1 Å². The molecule has 8 atom stereocenters. The molecule has 2 fully saturated rings. The summed E-state index contributed by atoms with van der Waals surface area (Å²) in [6.07, 6.45) is 21.2. The number of fused-ring (bicyclic) bond motifs is 8. The predicted molar refractivity (Wildman–Crippen MR) is 264 cm³/mol. The van der Waals surface area contributed by atoms with E-state index in [1.807, 2.05) is 19.9 Å². The van der Waals surface area contributed by atoms with E-state index >= 15 is 0 Å². The van der Waals surface area contributed by atoms with Crippen LogP contribution in [0.15, 0.2) is 28.7 Å². The van der Waals surface area contributed by atoms with Gasteiger partial charge in [-0.05, 0) is 118 Å². The lowest BCUT2D eigenvalue weighted by molar-refractivity contribution is -0.143. The molecule has 65 heavy (non-hydrogen) atoms. The number of allylic oxidation sites excluding steroid dienone is 4. The van der Waals surface area contributed by atoms with Gasteiger partial charge in [0.25, 0.3) is 0 Å². The van der Waals surface area contributed by atoms with Crippen LogP contribution in [0.2, 0.25) is 0 Å². The van der Waals surface area contributed by atoms with Crippen LogP contribution in [0.5, 0.6) is 0 Å². The molecule has 5 N–H and O–H groups in total. The SMILES string of the molecule is CCC1/C2=C/c3[nH]c4c(c3C)=C(O)C(C(=O)OC)C=4C3N/C(=C\c4[nH]c(c(C(C)=O)c4C)/C=C(\N2)C1C)C(C)C3CCC(=O)OC/C=C(\C)CCCC(C)CCCC(C)CCCC(C)C. The first-order valence-electron chi connectivity index (χ1n) is 24.9. The van der Waals surface area contributed by atoms with Crippen molar-refractivity contribution in [1.82, 2.24) is 20.6 Å². The molecule has 2 aromatic rings. The van der Waals surface area contributed by atoms with E-state index in [1.54, 1.807) is 6.92 Å². The third-order valence-corrected chi connectivity index (χ3v) is 15.4. The Hall–Kier alpha value is -4.73. The van der Waals surface area contributed by atoms with E-state index in [0.717, 1.165) is 82.3 Å². The Labute approximate surface area is 389 Å². The lowest BCUT2D eigenvalue weighted by Crippen LogP contribution is -2.38. The molecule has 1 aliphatic carbocycles. The van der Waals surface area contributed by atoms with Gasteiger partial charge in [-0.25, -0.2) is 0 Å². The summed E-state index contributed by atoms with van der Waals surface area (Å²) in [6, 6.07) is -0.438. The molecule has 6 rings (SSSR count). The fourth-order valence-electron chi connectivity index (χ4n) is 11.3. The van der Waals surface area contributed by atoms with Gasteiger partial charge in [0.1, 0.15) is 18.3 Å². The van der Waals surface area contributed by atoms with Crippen LogP contribution in [0.4, 0.5) is 0 Å². The number of nitrogens with one attached hydrogen (secondary N) is 4. The first-order valence-corrected chi connectivity index (χ1v) is 24.9. The highest BCUT2D eigenvalue weighted by Crippen LogP contribution is 2.43. The highest BCUT2D eigenvalue weighted by Gasteiger charge is 2.47. The van der Waals surface area contributed by atoms with Crippen molar-refractivity contribution in [3.63, 3.8) is 0 Å². The molecule has 0 spiro atoms. The highest BCUT2D eigenvalue weighted by atomic mass is 16.5. The second kappa shape index (κ2) is 21.7. The highest BCUT2D eigenvalue weighted by molar-refractivity contribution is 6.00. The number of aliphatic hydroxyl groups excluding tert-OH is 1. The van der Waals surface area contributed by atoms with E-state index < -0.39 is 17.9 Å². The van der Waals surface area contributed by atoms with E-state index in [9.17, 15) is 19.5 Å². The maximum atomic E-state index is 13.7. The monoisotopic (exact) mass is 893 g/mol. The second-order valence-corrected chi connectivity index (χ2v) is 20.7. The summed E-state index contributed by atoms with van der Waals surface area (Å²) in [5, 5.41) is 20.8. The summed E-state index contributed by atoms with van der Waals surface area (Å²) < 4.78 is 11.2. The van der Waals surface area contributed by atoms with Gasteiger partial charge in [-0.1, -0.05) is 99.0 Å². The minimum Gasteiger partial charge on any atom is -0.510 e. The molecule has 356 valence electrons. The Morgan fingerprint density at radius 1 is 0.800 bits per heavy atom. The molecule has 5 heterocycles. The summed E-state index contributed by atoms with van der Waals surface area (Å²) >= 11 is 0. The third kappa shape index (κ3) is 11.1. The van der Waals surface area contributed by atoms with Crippen molar-refractivity contribution in [3.05, 3.63) is 73.1 Å². The van der Waals surface area contributed by atoms with Crippen molar-refractivity contribution in [2.75, 3.05) is 13.7 Å². The van der Waals surface area contributed by atoms with Gasteiger partial charge in [-0.2, -0.15) is 0 Å². The zero-order chi connectivity index (χ0) is 47.3. The first kappa shape index (κ1) is 49.7. The molecule has 8 bridgehead atoms. The van der Waals surface area contributed by atoms with E-state index in [-0.39, 0.29) is 54.2 Å². The number of Topliss-reactive ketones (excluding diaryl/α,β-unsaturated/α-hetero) is 1. The smallest absolute Gasteiger partial charge is 0.320 e. The lowest BCUT2D eigenvalue weighted by Gasteiger charge is -2.26. The molecule has 0 saturated carbocycles. The van der Waals surface area contributed by atoms with E-state index in [4.69, 9.17) is 9.47 Å². The average molecular weight is 893 g/mol. The fourth-order valence-corrected chi connectivity index (χ4v) is 11.3. The molecule has 2 saturated heterocycles. The zero-order valence-corrected chi connectivity index (χ0v) is 41.7. The van der Waals surface area contributed by atoms with Crippen LogP contribution >= 0.6 is 0 Å². The van der Waals surface area contributed by atoms with Crippen molar-refractivity contribution in [1.29, 1.82) is 0 Å². The van der Waals surface area contributed by atoms with Crippen molar-refractivity contribution in [3.8, 4) is 0 Å². The lowest BCUT2D eigenvalue weighted by atomic mass is 9.80. The van der Waals surface area contributed by atoms with E-state index in [2.05, 4.69) is 94.2 Å². The maximum absolute atomic E-state index is 13.7. The van der Waals surface area contributed by atoms with Gasteiger partial charge in [-0.3, -0.25) is 14.4 Å². The summed E-state index contributed by atoms with van der Waals surface area (Å²) in [4.78, 5) is 47.6. The second-order valence-electron chi connectivity index (χ2n) is 20.7. The summed E-state index contributed by atoms with van der Waals surface area (Å²) in [6.45, 7) is 23.9. The average Bonchev–Trinajstić information content (AvgIpc) is 4.00. The van der Waals surface area contributed by atoms with Crippen molar-refractivity contribution in [2.24, 2.45) is 47.3 Å². The number of rotatable bonds is 20. The number of esters is 2. The predicted octanol–water partition coefficient (Wildman–Crippen LogP) is 10.7. The van der Waals surface area contributed by atoms with Gasteiger partial charge in [0.2, 0.25) is 0 Å². The number of aliphatic hydroxyl groups is 1. The van der Waals surface area contributed by atoms with Crippen molar-refractivity contribution >= 4 is 47.3 Å². The zero-order valence-electron chi connectivity index (χ0n) is 41.7. The normalized spacial score (nSPS) is 25.9. The number of carbonyl (C=O) groups is 3. The number of carbonyl (C=O) groups excluding carboxylic acids is 3. The van der Waals surface area contributed by atoms with E-state index in [1.165, 1.54) is 57.6 Å². The number of aromatic nitrogens is 2. The number of hydrogen-bond acceptors (Lipinski definition) is 8. The topological polar surface area (TPSA) is 146 Å². The van der Waals surface area contributed by atoms with Crippen LogP contribution in [0, 0.1) is 61.2 Å². The Bertz CT molecular complexity index is 2340. The minimum atomic E-state index is -1.02.